The summed E-state index contributed by atoms with van der Waals surface area (Å²) >= 11 is 0. The Labute approximate surface area is 195 Å². The summed E-state index contributed by atoms with van der Waals surface area (Å²) in [6.45, 7) is 9.91. The van der Waals surface area contributed by atoms with E-state index in [9.17, 15) is 0 Å². The topological polar surface area (TPSA) is 102 Å². The molecule has 4 rings (SSSR count). The van der Waals surface area contributed by atoms with Crippen LogP contribution in [0.3, 0.4) is 0 Å². The molecule has 0 radical (unpaired) electrons. The fraction of sp³-hybridized carbons (Fsp3) is 0.480. The van der Waals surface area contributed by atoms with Gasteiger partial charge in [-0.2, -0.15) is 0 Å². The monoisotopic (exact) mass is 450 g/mol. The van der Waals surface area contributed by atoms with E-state index in [-0.39, 0.29) is 12.0 Å². The number of fused-ring (bicyclic) bond motifs is 1. The number of methoxy groups -OCH3 is 1. The summed E-state index contributed by atoms with van der Waals surface area (Å²) in [7, 11) is 1.60. The molecule has 176 valence electrons. The van der Waals surface area contributed by atoms with Crippen molar-refractivity contribution in [2.75, 3.05) is 26.7 Å². The maximum absolute atomic E-state index is 6.31. The van der Waals surface area contributed by atoms with Crippen LogP contribution in [0.1, 0.15) is 51.5 Å². The predicted octanol–water partition coefficient (Wildman–Crippen LogP) is 4.63. The third kappa shape index (κ3) is 4.95. The molecular formula is C25H34N6O2. The van der Waals surface area contributed by atoms with E-state index in [0.29, 0.717) is 17.4 Å². The normalized spacial score (nSPS) is 15.7. The number of nitrogens with zero attached hydrogens (tertiary/aromatic N) is 4. The van der Waals surface area contributed by atoms with Crippen LogP contribution in [0, 0.1) is 0 Å². The summed E-state index contributed by atoms with van der Waals surface area (Å²) in [6.07, 6.45) is 6.49. The van der Waals surface area contributed by atoms with Crippen molar-refractivity contribution in [1.29, 1.82) is 0 Å². The molecule has 8 nitrogen and oxygen atoms in total. The number of aliphatic imine (C=N–C) groups is 1. The van der Waals surface area contributed by atoms with E-state index in [0.717, 1.165) is 53.8 Å². The number of nitrogens with one attached hydrogen (secondary N) is 1. The van der Waals surface area contributed by atoms with Crippen molar-refractivity contribution in [2.45, 2.75) is 52.1 Å². The molecule has 33 heavy (non-hydrogen) atoms. The summed E-state index contributed by atoms with van der Waals surface area (Å²) in [5, 5.41) is 0. The number of likely N-dealkylation sites (tertiary alicyclic amines) is 1. The Kier molecular flexibility index (Phi) is 7.13. The minimum atomic E-state index is 0.216. The average molecular weight is 451 g/mol. The molecule has 0 amide bonds. The van der Waals surface area contributed by atoms with Gasteiger partial charge in [-0.1, -0.05) is 20.8 Å². The molecular weight excluding hydrogens is 416 g/mol. The number of ether oxygens (including phenoxy) is 2. The number of H-pyrrole nitrogens is 1. The number of aromatic nitrogens is 3. The molecule has 0 saturated carbocycles. The highest BCUT2D eigenvalue weighted by molar-refractivity contribution is 5.89. The van der Waals surface area contributed by atoms with E-state index in [1.807, 2.05) is 12.1 Å². The largest absolute Gasteiger partial charge is 0.493 e. The lowest BCUT2D eigenvalue weighted by molar-refractivity contribution is 0.0972. The van der Waals surface area contributed by atoms with Crippen LogP contribution in [0.5, 0.6) is 11.6 Å². The number of aromatic amines is 1. The van der Waals surface area contributed by atoms with Gasteiger partial charge < -0.3 is 25.1 Å². The lowest BCUT2D eigenvalue weighted by Crippen LogP contribution is -2.38. The van der Waals surface area contributed by atoms with Gasteiger partial charge in [0.25, 0.3) is 0 Å². The van der Waals surface area contributed by atoms with Crippen LogP contribution in [0.25, 0.3) is 22.3 Å². The highest BCUT2D eigenvalue weighted by Gasteiger charge is 2.22. The number of hydrogen-bond donors (Lipinski definition) is 2. The third-order valence-electron chi connectivity index (χ3n) is 6.13. The van der Waals surface area contributed by atoms with E-state index < -0.39 is 0 Å². The van der Waals surface area contributed by atoms with Crippen LogP contribution in [-0.4, -0.2) is 59.0 Å². The van der Waals surface area contributed by atoms with Crippen molar-refractivity contribution in [3.05, 3.63) is 30.0 Å². The first-order chi connectivity index (χ1) is 16.0. The first-order valence-corrected chi connectivity index (χ1v) is 11.7. The second kappa shape index (κ2) is 10.2. The number of nitrogens with two attached hydrogens (primary N) is 1. The molecule has 0 bridgehead atoms. The number of rotatable bonds is 8. The van der Waals surface area contributed by atoms with E-state index in [2.05, 4.69) is 46.7 Å². The summed E-state index contributed by atoms with van der Waals surface area (Å²) in [6, 6.07) is 5.94. The molecule has 1 aliphatic rings. The van der Waals surface area contributed by atoms with Crippen molar-refractivity contribution >= 4 is 23.2 Å². The van der Waals surface area contributed by atoms with Crippen molar-refractivity contribution in [2.24, 2.45) is 10.7 Å². The Balaban J connectivity index is 1.64. The molecule has 1 aliphatic heterocycles. The number of hydrogen-bond acceptors (Lipinski definition) is 6. The summed E-state index contributed by atoms with van der Waals surface area (Å²) in [5.41, 5.74) is 10.4. The predicted molar refractivity (Wildman–Crippen MR) is 133 cm³/mol. The van der Waals surface area contributed by atoms with Crippen LogP contribution in [0.15, 0.2) is 29.4 Å². The Morgan fingerprint density at radius 3 is 2.76 bits per heavy atom. The Hall–Kier alpha value is -3.13. The van der Waals surface area contributed by atoms with Gasteiger partial charge in [-0.3, -0.25) is 0 Å². The van der Waals surface area contributed by atoms with Crippen LogP contribution < -0.4 is 15.2 Å². The molecule has 0 atom stereocenters. The van der Waals surface area contributed by atoms with Crippen LogP contribution >= 0.6 is 0 Å². The second-order valence-corrected chi connectivity index (χ2v) is 8.80. The van der Waals surface area contributed by atoms with E-state index in [1.54, 1.807) is 13.3 Å². The molecule has 0 unspecified atom stereocenters. The van der Waals surface area contributed by atoms with E-state index in [4.69, 9.17) is 20.2 Å². The highest BCUT2D eigenvalue weighted by atomic mass is 16.5. The molecule has 8 heteroatoms. The lowest BCUT2D eigenvalue weighted by atomic mass is 9.99. The molecule has 1 saturated heterocycles. The van der Waals surface area contributed by atoms with Crippen molar-refractivity contribution in [3.63, 3.8) is 0 Å². The summed E-state index contributed by atoms with van der Waals surface area (Å²) in [4.78, 5) is 19.5. The molecule has 3 N–H and O–H groups in total. The van der Waals surface area contributed by atoms with Gasteiger partial charge in [0.05, 0.1) is 30.2 Å². The molecule has 0 spiro atoms. The fourth-order valence-corrected chi connectivity index (χ4v) is 4.55. The standard InChI is InChI=1S/C25H34N6O2/c1-5-10-31-11-8-18(9-12-31)33-21-7-6-19-24(30-21)22(16(2)3)23(29-19)17-13-20(32-4)25(27-14-17)28-15-26/h6-7,13-16,18,29H,5,8-12H2,1-4H3,(H2,26,27,28). The zero-order valence-electron chi connectivity index (χ0n) is 20.0. The molecule has 1 fully saturated rings. The number of piperidine rings is 1. The zero-order chi connectivity index (χ0) is 23.4. The highest BCUT2D eigenvalue weighted by Crippen LogP contribution is 2.38. The maximum Gasteiger partial charge on any atom is 0.214 e. The second-order valence-electron chi connectivity index (χ2n) is 8.80. The van der Waals surface area contributed by atoms with Gasteiger partial charge in [0.1, 0.15) is 6.10 Å². The Morgan fingerprint density at radius 1 is 1.30 bits per heavy atom. The first-order valence-electron chi connectivity index (χ1n) is 11.7. The molecule has 3 aromatic rings. The lowest BCUT2D eigenvalue weighted by Gasteiger charge is -2.31. The van der Waals surface area contributed by atoms with Gasteiger partial charge in [-0.05, 0) is 43.9 Å². The summed E-state index contributed by atoms with van der Waals surface area (Å²) in [5.74, 6) is 1.95. The van der Waals surface area contributed by atoms with Gasteiger partial charge in [0, 0.05) is 36.5 Å². The van der Waals surface area contributed by atoms with Crippen LogP contribution in [0.2, 0.25) is 0 Å². The quantitative estimate of drug-likeness (QED) is 0.383. The van der Waals surface area contributed by atoms with Crippen molar-refractivity contribution < 1.29 is 9.47 Å². The van der Waals surface area contributed by atoms with Gasteiger partial charge >= 0.3 is 0 Å². The van der Waals surface area contributed by atoms with E-state index in [1.165, 1.54) is 19.3 Å². The maximum atomic E-state index is 6.31. The van der Waals surface area contributed by atoms with Gasteiger partial charge in [-0.25, -0.2) is 15.0 Å². The minimum Gasteiger partial charge on any atom is -0.493 e. The number of pyridine rings is 2. The first kappa shape index (κ1) is 23.0. The minimum absolute atomic E-state index is 0.216. The summed E-state index contributed by atoms with van der Waals surface area (Å²) < 4.78 is 11.8. The fourth-order valence-electron chi connectivity index (χ4n) is 4.55. The average Bonchev–Trinajstić information content (AvgIpc) is 3.20. The van der Waals surface area contributed by atoms with Crippen molar-refractivity contribution in [1.82, 2.24) is 19.9 Å². The molecule has 0 aromatic carbocycles. The van der Waals surface area contributed by atoms with E-state index >= 15 is 0 Å². The van der Waals surface area contributed by atoms with Gasteiger partial charge in [0.15, 0.2) is 11.6 Å². The van der Waals surface area contributed by atoms with Gasteiger partial charge in [0.2, 0.25) is 5.88 Å². The Morgan fingerprint density at radius 2 is 2.09 bits per heavy atom. The zero-order valence-corrected chi connectivity index (χ0v) is 20.0. The SMILES string of the molecule is CCCN1CCC(Oc2ccc3[nH]c(-c4cnc(/N=C/N)c(OC)c4)c(C(C)C)c3n2)CC1. The third-order valence-corrected chi connectivity index (χ3v) is 6.13. The smallest absolute Gasteiger partial charge is 0.214 e. The molecule has 4 heterocycles. The van der Waals surface area contributed by atoms with Crippen LogP contribution in [0.4, 0.5) is 5.82 Å². The van der Waals surface area contributed by atoms with Crippen LogP contribution in [-0.2, 0) is 0 Å². The van der Waals surface area contributed by atoms with Crippen molar-refractivity contribution in [3.8, 4) is 22.9 Å². The Bertz CT molecular complexity index is 1120. The molecule has 3 aromatic heterocycles. The molecule has 0 aliphatic carbocycles. The van der Waals surface area contributed by atoms with Gasteiger partial charge in [-0.15, -0.1) is 0 Å².